The number of aromatic hydroxyl groups is 1. The number of phenols is 1. The molecule has 0 bridgehead atoms. The highest BCUT2D eigenvalue weighted by molar-refractivity contribution is 5.80. The van der Waals surface area contributed by atoms with Crippen molar-refractivity contribution < 1.29 is 14.8 Å². The van der Waals surface area contributed by atoms with Gasteiger partial charge in [0.15, 0.2) is 11.5 Å². The fourth-order valence-electron chi connectivity index (χ4n) is 3.27. The molecule has 31 heavy (non-hydrogen) atoms. The molecule has 0 aliphatic heterocycles. The first-order valence-electron chi connectivity index (χ1n) is 9.30. The fourth-order valence-corrected chi connectivity index (χ4v) is 3.27. The van der Waals surface area contributed by atoms with Crippen molar-refractivity contribution in [2.24, 2.45) is 0 Å². The highest BCUT2D eigenvalue weighted by Crippen LogP contribution is 2.28. The van der Waals surface area contributed by atoms with Crippen LogP contribution < -0.4 is 10.3 Å². The van der Waals surface area contributed by atoms with Crippen molar-refractivity contribution in [1.29, 1.82) is 0 Å². The molecule has 0 fully saturated rings. The number of rotatable bonds is 5. The summed E-state index contributed by atoms with van der Waals surface area (Å²) >= 11 is 0. The number of fused-ring (bicyclic) bond motifs is 1. The maximum atomic E-state index is 13.3. The fraction of sp³-hybridized carbons (Fsp3) is 0.0435. The number of para-hydroxylation sites is 3. The lowest BCUT2D eigenvalue weighted by atomic mass is 10.1. The van der Waals surface area contributed by atoms with Crippen LogP contribution in [-0.4, -0.2) is 26.7 Å². The van der Waals surface area contributed by atoms with Crippen LogP contribution in [-0.2, 0) is 0 Å². The number of benzene rings is 3. The van der Waals surface area contributed by atoms with E-state index >= 15 is 0 Å². The molecular weight excluding hydrogens is 398 g/mol. The van der Waals surface area contributed by atoms with E-state index in [9.17, 15) is 20.0 Å². The molecule has 8 nitrogen and oxygen atoms in total. The van der Waals surface area contributed by atoms with Crippen molar-refractivity contribution in [3.05, 3.63) is 98.6 Å². The predicted molar refractivity (Wildman–Crippen MR) is 118 cm³/mol. The van der Waals surface area contributed by atoms with Crippen molar-refractivity contribution >= 4 is 28.7 Å². The highest BCUT2D eigenvalue weighted by atomic mass is 16.6. The normalized spacial score (nSPS) is 11.1. The molecular formula is C23H17N3O5. The number of nitrogens with zero attached hydrogens (tertiary/aromatic N) is 3. The van der Waals surface area contributed by atoms with Crippen LogP contribution in [0.5, 0.6) is 11.5 Å². The number of ether oxygens (including phenoxy) is 1. The van der Waals surface area contributed by atoms with Gasteiger partial charge in [0, 0.05) is 6.07 Å². The van der Waals surface area contributed by atoms with E-state index in [1.165, 1.54) is 29.9 Å². The summed E-state index contributed by atoms with van der Waals surface area (Å²) in [5.74, 6) is 0.523. The Labute approximate surface area is 176 Å². The minimum atomic E-state index is -0.532. The second-order valence-electron chi connectivity index (χ2n) is 6.64. The zero-order valence-corrected chi connectivity index (χ0v) is 16.4. The van der Waals surface area contributed by atoms with Crippen LogP contribution in [0.25, 0.3) is 28.7 Å². The largest absolute Gasteiger partial charge is 0.504 e. The molecule has 3 aromatic carbocycles. The molecule has 0 aliphatic rings. The second kappa shape index (κ2) is 8.11. The molecule has 4 aromatic rings. The molecule has 1 aromatic heterocycles. The average molecular weight is 415 g/mol. The summed E-state index contributed by atoms with van der Waals surface area (Å²) in [7, 11) is 1.44. The van der Waals surface area contributed by atoms with E-state index < -0.39 is 10.5 Å². The third-order valence-electron chi connectivity index (χ3n) is 4.75. The van der Waals surface area contributed by atoms with Gasteiger partial charge in [-0.15, -0.1) is 0 Å². The highest BCUT2D eigenvalue weighted by Gasteiger charge is 2.19. The van der Waals surface area contributed by atoms with Gasteiger partial charge in [-0.25, -0.2) is 4.98 Å². The Morgan fingerprint density at radius 3 is 2.58 bits per heavy atom. The SMILES string of the molecule is COc1cc(/C=C/c2nc3ccccc3c(=O)n2-c2ccccc2[N+](=O)[O-])ccc1O. The third-order valence-corrected chi connectivity index (χ3v) is 4.75. The summed E-state index contributed by atoms with van der Waals surface area (Å²) in [5, 5.41) is 21.7. The van der Waals surface area contributed by atoms with E-state index in [0.717, 1.165) is 0 Å². The molecule has 0 radical (unpaired) electrons. The van der Waals surface area contributed by atoms with Gasteiger partial charge in [0.1, 0.15) is 11.5 Å². The summed E-state index contributed by atoms with van der Waals surface area (Å²) in [6.07, 6.45) is 3.28. The van der Waals surface area contributed by atoms with Gasteiger partial charge in [0.05, 0.1) is 22.9 Å². The molecule has 8 heteroatoms. The lowest BCUT2D eigenvalue weighted by Crippen LogP contribution is -2.23. The first-order chi connectivity index (χ1) is 15.0. The molecule has 154 valence electrons. The Morgan fingerprint density at radius 2 is 1.81 bits per heavy atom. The molecule has 4 rings (SSSR count). The number of phenolic OH excluding ortho intramolecular Hbond substituents is 1. The summed E-state index contributed by atoms with van der Waals surface area (Å²) in [6, 6.07) is 17.6. The van der Waals surface area contributed by atoms with Crippen LogP contribution in [0, 0.1) is 10.1 Å². The van der Waals surface area contributed by atoms with Crippen LogP contribution in [0.15, 0.2) is 71.5 Å². The number of nitro benzene ring substituents is 1. The minimum Gasteiger partial charge on any atom is -0.504 e. The van der Waals surface area contributed by atoms with E-state index in [1.54, 1.807) is 60.7 Å². The van der Waals surface area contributed by atoms with Gasteiger partial charge in [-0.3, -0.25) is 19.5 Å². The Balaban J connectivity index is 1.96. The van der Waals surface area contributed by atoms with Gasteiger partial charge < -0.3 is 9.84 Å². The maximum Gasteiger partial charge on any atom is 0.293 e. The van der Waals surface area contributed by atoms with E-state index in [1.807, 2.05) is 0 Å². The zero-order chi connectivity index (χ0) is 22.0. The summed E-state index contributed by atoms with van der Waals surface area (Å²) in [4.78, 5) is 28.9. The Kier molecular flexibility index (Phi) is 5.19. The Bertz CT molecular complexity index is 1390. The lowest BCUT2D eigenvalue weighted by Gasteiger charge is -2.11. The topological polar surface area (TPSA) is 107 Å². The minimum absolute atomic E-state index is 0.000277. The summed E-state index contributed by atoms with van der Waals surface area (Å²) in [5.41, 5.74) is 0.667. The van der Waals surface area contributed by atoms with Crippen LogP contribution in [0.4, 0.5) is 5.69 Å². The molecule has 0 saturated heterocycles. The van der Waals surface area contributed by atoms with Gasteiger partial charge in [0.25, 0.3) is 11.2 Å². The van der Waals surface area contributed by atoms with E-state index in [4.69, 9.17) is 4.74 Å². The van der Waals surface area contributed by atoms with Crippen LogP contribution >= 0.6 is 0 Å². The van der Waals surface area contributed by atoms with Gasteiger partial charge >= 0.3 is 0 Å². The second-order valence-corrected chi connectivity index (χ2v) is 6.64. The molecule has 1 N–H and O–H groups in total. The molecule has 0 aliphatic carbocycles. The number of methoxy groups -OCH3 is 1. The van der Waals surface area contributed by atoms with Crippen molar-refractivity contribution in [3.63, 3.8) is 0 Å². The van der Waals surface area contributed by atoms with Crippen molar-refractivity contribution in [2.75, 3.05) is 7.11 Å². The molecule has 0 amide bonds. The first kappa shape index (κ1) is 19.8. The Morgan fingerprint density at radius 1 is 1.06 bits per heavy atom. The van der Waals surface area contributed by atoms with Crippen molar-refractivity contribution in [3.8, 4) is 17.2 Å². The monoisotopic (exact) mass is 415 g/mol. The van der Waals surface area contributed by atoms with E-state index in [2.05, 4.69) is 4.98 Å². The number of hydrogen-bond acceptors (Lipinski definition) is 6. The quantitative estimate of drug-likeness (QED) is 0.387. The summed E-state index contributed by atoms with van der Waals surface area (Å²) < 4.78 is 6.35. The van der Waals surface area contributed by atoms with Gasteiger partial charge in [0.2, 0.25) is 0 Å². The van der Waals surface area contributed by atoms with Crippen LogP contribution in [0.3, 0.4) is 0 Å². The number of nitro groups is 1. The molecule has 0 saturated carbocycles. The molecule has 0 spiro atoms. The van der Waals surface area contributed by atoms with Crippen LogP contribution in [0.1, 0.15) is 11.4 Å². The van der Waals surface area contributed by atoms with Gasteiger partial charge in [-0.05, 0) is 42.0 Å². The summed E-state index contributed by atoms with van der Waals surface area (Å²) in [6.45, 7) is 0. The van der Waals surface area contributed by atoms with Crippen molar-refractivity contribution in [2.45, 2.75) is 0 Å². The lowest BCUT2D eigenvalue weighted by molar-refractivity contribution is -0.384. The van der Waals surface area contributed by atoms with E-state index in [-0.39, 0.29) is 22.9 Å². The number of hydrogen-bond donors (Lipinski definition) is 1. The van der Waals surface area contributed by atoms with Crippen LogP contribution in [0.2, 0.25) is 0 Å². The third kappa shape index (κ3) is 3.74. The van der Waals surface area contributed by atoms with Crippen molar-refractivity contribution in [1.82, 2.24) is 9.55 Å². The predicted octanol–water partition coefficient (Wildman–Crippen LogP) is 4.18. The van der Waals surface area contributed by atoms with Gasteiger partial charge in [-0.1, -0.05) is 36.4 Å². The van der Waals surface area contributed by atoms with Gasteiger partial charge in [-0.2, -0.15) is 0 Å². The maximum absolute atomic E-state index is 13.3. The molecule has 0 unspecified atom stereocenters. The molecule has 0 atom stereocenters. The smallest absolute Gasteiger partial charge is 0.293 e. The zero-order valence-electron chi connectivity index (χ0n) is 16.4. The Hall–Kier alpha value is -4.46. The standard InChI is InChI=1S/C23H17N3O5/c1-31-21-14-15(10-12-20(21)27)11-13-22-24-17-7-3-2-6-16(17)23(28)25(22)18-8-4-5-9-19(18)26(29)30/h2-14,27H,1H3/b13-11+. The average Bonchev–Trinajstić information content (AvgIpc) is 2.78. The molecule has 1 heterocycles. The van der Waals surface area contributed by atoms with E-state index in [0.29, 0.717) is 22.2 Å². The first-order valence-corrected chi connectivity index (χ1v) is 9.30. The number of aromatic nitrogens is 2.